The maximum Gasteiger partial charge on any atom is 0.329 e. The van der Waals surface area contributed by atoms with E-state index in [1.54, 1.807) is 12.4 Å². The molecule has 0 saturated carbocycles. The molecule has 0 spiro atoms. The van der Waals surface area contributed by atoms with Gasteiger partial charge in [0.15, 0.2) is 0 Å². The van der Waals surface area contributed by atoms with Crippen molar-refractivity contribution in [2.75, 3.05) is 6.54 Å². The minimum atomic E-state index is -0.918. The number of hydrogen-bond donors (Lipinski definition) is 1. The van der Waals surface area contributed by atoms with Crippen molar-refractivity contribution in [1.29, 1.82) is 0 Å². The molecule has 1 N–H and O–H groups in total. The van der Waals surface area contributed by atoms with Gasteiger partial charge >= 0.3 is 5.97 Å². The van der Waals surface area contributed by atoms with Crippen molar-refractivity contribution in [3.8, 4) is 0 Å². The lowest BCUT2D eigenvalue weighted by Gasteiger charge is -2.25. The lowest BCUT2D eigenvalue weighted by atomic mass is 10.4. The molecule has 1 aromatic heterocycles. The minimum Gasteiger partial charge on any atom is -0.478 e. The quantitative estimate of drug-likeness (QED) is 0.686. The van der Waals surface area contributed by atoms with E-state index >= 15 is 0 Å². The number of aliphatic carboxylic acids is 1. The smallest absolute Gasteiger partial charge is 0.329 e. The maximum atomic E-state index is 10.3. The molecule has 74 valence electrons. The number of carboxylic acids is 1. The van der Waals surface area contributed by atoms with E-state index in [-0.39, 0.29) is 0 Å². The third-order valence-electron chi connectivity index (χ3n) is 2.20. The van der Waals surface area contributed by atoms with Crippen molar-refractivity contribution < 1.29 is 9.90 Å². The molecule has 0 saturated heterocycles. The molecular formula is C9H11N3O2. The van der Waals surface area contributed by atoms with Crippen LogP contribution in [-0.4, -0.2) is 32.1 Å². The standard InChI is InChI=1S/C9H11N3O2/c13-9(14)1-3-11-5-6-12-4-2-10-8(12)7-11/h1-4H,5-7H2,(H,13,14)/b3-1+. The fourth-order valence-electron chi connectivity index (χ4n) is 1.49. The van der Waals surface area contributed by atoms with Crippen LogP contribution in [0.15, 0.2) is 24.7 Å². The summed E-state index contributed by atoms with van der Waals surface area (Å²) in [6, 6.07) is 0. The van der Waals surface area contributed by atoms with E-state index < -0.39 is 5.97 Å². The van der Waals surface area contributed by atoms with Crippen LogP contribution in [0, 0.1) is 0 Å². The Hall–Kier alpha value is -1.78. The molecule has 0 fully saturated rings. The van der Waals surface area contributed by atoms with Gasteiger partial charge in [0.25, 0.3) is 0 Å². The predicted molar refractivity (Wildman–Crippen MR) is 49.4 cm³/mol. The van der Waals surface area contributed by atoms with E-state index in [2.05, 4.69) is 9.55 Å². The number of rotatable bonds is 2. The highest BCUT2D eigenvalue weighted by atomic mass is 16.4. The summed E-state index contributed by atoms with van der Waals surface area (Å²) in [4.78, 5) is 16.4. The molecule has 0 aromatic carbocycles. The van der Waals surface area contributed by atoms with Crippen molar-refractivity contribution in [3.05, 3.63) is 30.5 Å². The molecule has 1 aliphatic rings. The predicted octanol–water partition coefficient (Wildman–Crippen LogP) is 0.297. The van der Waals surface area contributed by atoms with Crippen LogP contribution < -0.4 is 0 Å². The Morgan fingerprint density at radius 3 is 3.21 bits per heavy atom. The van der Waals surface area contributed by atoms with Crippen molar-refractivity contribution in [2.24, 2.45) is 0 Å². The second kappa shape index (κ2) is 3.53. The SMILES string of the molecule is O=C(O)/C=C/N1CCn2ccnc2C1. The summed E-state index contributed by atoms with van der Waals surface area (Å²) >= 11 is 0. The van der Waals surface area contributed by atoms with E-state index in [0.29, 0.717) is 6.54 Å². The fraction of sp³-hybridized carbons (Fsp3) is 0.333. The summed E-state index contributed by atoms with van der Waals surface area (Å²) in [6.07, 6.45) is 6.45. The Morgan fingerprint density at radius 2 is 2.43 bits per heavy atom. The molecule has 5 nitrogen and oxygen atoms in total. The van der Waals surface area contributed by atoms with Gasteiger partial charge in [-0.05, 0) is 0 Å². The molecule has 2 rings (SSSR count). The van der Waals surface area contributed by atoms with Crippen molar-refractivity contribution in [2.45, 2.75) is 13.1 Å². The number of carboxylic acid groups (broad SMARTS) is 1. The molecule has 0 atom stereocenters. The molecule has 1 aliphatic heterocycles. The zero-order chi connectivity index (χ0) is 9.97. The van der Waals surface area contributed by atoms with E-state index in [4.69, 9.17) is 5.11 Å². The average molecular weight is 193 g/mol. The monoisotopic (exact) mass is 193 g/mol. The number of nitrogens with zero attached hydrogens (tertiary/aromatic N) is 3. The van der Waals surface area contributed by atoms with Crippen LogP contribution in [0.3, 0.4) is 0 Å². The van der Waals surface area contributed by atoms with Crippen LogP contribution in [0.25, 0.3) is 0 Å². The zero-order valence-corrected chi connectivity index (χ0v) is 7.63. The van der Waals surface area contributed by atoms with Crippen LogP contribution in [0.4, 0.5) is 0 Å². The first kappa shape index (κ1) is 8.80. The highest BCUT2D eigenvalue weighted by Gasteiger charge is 2.13. The van der Waals surface area contributed by atoms with Gasteiger partial charge in [-0.3, -0.25) is 0 Å². The summed E-state index contributed by atoms with van der Waals surface area (Å²) in [6.45, 7) is 2.36. The molecule has 0 amide bonds. The number of carbonyl (C=O) groups is 1. The van der Waals surface area contributed by atoms with Crippen molar-refractivity contribution in [1.82, 2.24) is 14.5 Å². The third kappa shape index (κ3) is 1.76. The van der Waals surface area contributed by atoms with E-state index in [1.165, 1.54) is 0 Å². The minimum absolute atomic E-state index is 0.677. The molecule has 0 bridgehead atoms. The highest BCUT2D eigenvalue weighted by Crippen LogP contribution is 2.09. The first-order valence-electron chi connectivity index (χ1n) is 4.41. The zero-order valence-electron chi connectivity index (χ0n) is 7.63. The summed E-state index contributed by atoms with van der Waals surface area (Å²) < 4.78 is 2.07. The molecule has 5 heteroatoms. The van der Waals surface area contributed by atoms with Crippen LogP contribution >= 0.6 is 0 Å². The van der Waals surface area contributed by atoms with E-state index in [1.807, 2.05) is 11.1 Å². The molecule has 1 aromatic rings. The van der Waals surface area contributed by atoms with Crippen molar-refractivity contribution in [3.63, 3.8) is 0 Å². The molecule has 14 heavy (non-hydrogen) atoms. The largest absolute Gasteiger partial charge is 0.478 e. The normalized spacial score (nSPS) is 15.9. The van der Waals surface area contributed by atoms with Crippen LogP contribution in [0.5, 0.6) is 0 Å². The summed E-state index contributed by atoms with van der Waals surface area (Å²) in [5.74, 6) is 0.0604. The molecular weight excluding hydrogens is 182 g/mol. The maximum absolute atomic E-state index is 10.3. The highest BCUT2D eigenvalue weighted by molar-refractivity contribution is 5.79. The van der Waals surface area contributed by atoms with Crippen LogP contribution in [-0.2, 0) is 17.9 Å². The second-order valence-corrected chi connectivity index (χ2v) is 3.16. The number of imidazole rings is 1. The van der Waals surface area contributed by atoms with Gasteiger partial charge in [0, 0.05) is 37.8 Å². The average Bonchev–Trinajstić information content (AvgIpc) is 2.61. The molecule has 2 heterocycles. The Labute approximate surface area is 81.3 Å². The van der Waals surface area contributed by atoms with Gasteiger partial charge in [-0.1, -0.05) is 0 Å². The van der Waals surface area contributed by atoms with Gasteiger partial charge in [-0.2, -0.15) is 0 Å². The van der Waals surface area contributed by atoms with Crippen LogP contribution in [0.1, 0.15) is 5.82 Å². The van der Waals surface area contributed by atoms with Crippen LogP contribution in [0.2, 0.25) is 0 Å². The molecule has 0 aliphatic carbocycles. The summed E-state index contributed by atoms with van der Waals surface area (Å²) in [7, 11) is 0. The van der Waals surface area contributed by atoms with Gasteiger partial charge in [0.05, 0.1) is 6.54 Å². The summed E-state index contributed by atoms with van der Waals surface area (Å²) in [5, 5.41) is 8.47. The Balaban J connectivity index is 2.04. The van der Waals surface area contributed by atoms with Gasteiger partial charge in [-0.15, -0.1) is 0 Å². The van der Waals surface area contributed by atoms with Gasteiger partial charge in [0.2, 0.25) is 0 Å². The van der Waals surface area contributed by atoms with Gasteiger partial charge < -0.3 is 14.6 Å². The number of hydrogen-bond acceptors (Lipinski definition) is 3. The van der Waals surface area contributed by atoms with Gasteiger partial charge in [0.1, 0.15) is 5.82 Å². The Kier molecular flexibility index (Phi) is 2.22. The first-order chi connectivity index (χ1) is 6.75. The van der Waals surface area contributed by atoms with Gasteiger partial charge in [-0.25, -0.2) is 9.78 Å². The lowest BCUT2D eigenvalue weighted by molar-refractivity contribution is -0.131. The van der Waals surface area contributed by atoms with Crippen molar-refractivity contribution >= 4 is 5.97 Å². The third-order valence-corrected chi connectivity index (χ3v) is 2.20. The second-order valence-electron chi connectivity index (χ2n) is 3.16. The fourth-order valence-corrected chi connectivity index (χ4v) is 1.49. The Bertz CT molecular complexity index is 370. The number of fused-ring (bicyclic) bond motifs is 1. The first-order valence-corrected chi connectivity index (χ1v) is 4.41. The lowest BCUT2D eigenvalue weighted by Crippen LogP contribution is -2.29. The molecule has 0 radical (unpaired) electrons. The topological polar surface area (TPSA) is 58.4 Å². The Morgan fingerprint density at radius 1 is 1.57 bits per heavy atom. The summed E-state index contributed by atoms with van der Waals surface area (Å²) in [5.41, 5.74) is 0. The molecule has 0 unspecified atom stereocenters. The number of aromatic nitrogens is 2. The van der Waals surface area contributed by atoms with E-state index in [9.17, 15) is 4.79 Å². The van der Waals surface area contributed by atoms with E-state index in [0.717, 1.165) is 25.0 Å².